The van der Waals surface area contributed by atoms with Crippen LogP contribution in [0.3, 0.4) is 0 Å². The largest absolute Gasteiger partial charge is 0.497 e. The monoisotopic (exact) mass is 193 g/mol. The Hall–Kier alpha value is -1.02. The molecule has 0 saturated heterocycles. The molecular weight excluding hydrogens is 174 g/mol. The molecular formula is C12H19NO. The Morgan fingerprint density at radius 3 is 2.64 bits per heavy atom. The smallest absolute Gasteiger partial charge is 0.119 e. The first kappa shape index (κ1) is 11.1. The molecule has 0 aromatic heterocycles. The maximum absolute atomic E-state index is 5.21. The number of benzene rings is 1. The summed E-state index contributed by atoms with van der Waals surface area (Å²) < 4.78 is 5.21. The van der Waals surface area contributed by atoms with Crippen LogP contribution in [0.25, 0.3) is 0 Å². The lowest BCUT2D eigenvalue weighted by Crippen LogP contribution is -2.30. The molecule has 2 nitrogen and oxygen atoms in total. The van der Waals surface area contributed by atoms with Crippen molar-refractivity contribution in [3.8, 4) is 5.75 Å². The minimum Gasteiger partial charge on any atom is -0.497 e. The van der Waals surface area contributed by atoms with Crippen LogP contribution in [-0.4, -0.2) is 20.7 Å². The van der Waals surface area contributed by atoms with Crippen molar-refractivity contribution in [2.75, 3.05) is 20.7 Å². The van der Waals surface area contributed by atoms with E-state index < -0.39 is 0 Å². The molecule has 1 aromatic rings. The van der Waals surface area contributed by atoms with Crippen molar-refractivity contribution in [3.05, 3.63) is 29.8 Å². The molecule has 0 heterocycles. The molecule has 0 amide bonds. The molecule has 14 heavy (non-hydrogen) atoms. The molecule has 0 atom stereocenters. The van der Waals surface area contributed by atoms with Gasteiger partial charge in [-0.05, 0) is 24.7 Å². The summed E-state index contributed by atoms with van der Waals surface area (Å²) in [4.78, 5) is 0. The summed E-state index contributed by atoms with van der Waals surface area (Å²) in [6.45, 7) is 5.40. The zero-order valence-corrected chi connectivity index (χ0v) is 9.42. The van der Waals surface area contributed by atoms with Gasteiger partial charge in [0.25, 0.3) is 0 Å². The highest BCUT2D eigenvalue weighted by Crippen LogP contribution is 2.25. The van der Waals surface area contributed by atoms with Crippen LogP contribution >= 0.6 is 0 Å². The van der Waals surface area contributed by atoms with Gasteiger partial charge < -0.3 is 10.1 Å². The van der Waals surface area contributed by atoms with Gasteiger partial charge in [-0.2, -0.15) is 0 Å². The minimum atomic E-state index is 0.142. The molecule has 0 unspecified atom stereocenters. The fourth-order valence-corrected chi connectivity index (χ4v) is 1.59. The van der Waals surface area contributed by atoms with Crippen LogP contribution in [0.2, 0.25) is 0 Å². The Labute approximate surface area is 86.3 Å². The Kier molecular flexibility index (Phi) is 3.53. The summed E-state index contributed by atoms with van der Waals surface area (Å²) in [6.07, 6.45) is 0. The van der Waals surface area contributed by atoms with E-state index in [2.05, 4.69) is 31.3 Å². The number of ether oxygens (including phenoxy) is 1. The summed E-state index contributed by atoms with van der Waals surface area (Å²) in [5, 5.41) is 3.20. The van der Waals surface area contributed by atoms with Gasteiger partial charge in [-0.15, -0.1) is 0 Å². The van der Waals surface area contributed by atoms with Crippen molar-refractivity contribution in [3.63, 3.8) is 0 Å². The maximum atomic E-state index is 5.21. The van der Waals surface area contributed by atoms with Crippen LogP contribution in [0, 0.1) is 0 Å². The fourth-order valence-electron chi connectivity index (χ4n) is 1.59. The summed E-state index contributed by atoms with van der Waals surface area (Å²) >= 11 is 0. The number of rotatable bonds is 4. The number of hydrogen-bond donors (Lipinski definition) is 1. The van der Waals surface area contributed by atoms with E-state index in [4.69, 9.17) is 4.74 Å². The molecule has 0 spiro atoms. The zero-order chi connectivity index (χ0) is 10.6. The molecule has 0 bridgehead atoms. The second kappa shape index (κ2) is 4.47. The normalized spacial score (nSPS) is 11.4. The second-order valence-electron chi connectivity index (χ2n) is 4.15. The van der Waals surface area contributed by atoms with Crippen molar-refractivity contribution >= 4 is 0 Å². The summed E-state index contributed by atoms with van der Waals surface area (Å²) in [6, 6.07) is 8.24. The van der Waals surface area contributed by atoms with Crippen LogP contribution in [0.5, 0.6) is 5.75 Å². The third-order valence-electron chi connectivity index (χ3n) is 2.47. The van der Waals surface area contributed by atoms with Crippen LogP contribution in [-0.2, 0) is 5.41 Å². The summed E-state index contributed by atoms with van der Waals surface area (Å²) in [7, 11) is 3.67. The van der Waals surface area contributed by atoms with E-state index in [1.54, 1.807) is 7.11 Å². The van der Waals surface area contributed by atoms with E-state index in [0.717, 1.165) is 12.3 Å². The molecule has 78 valence electrons. The molecule has 2 heteroatoms. The summed E-state index contributed by atoms with van der Waals surface area (Å²) in [5.74, 6) is 0.923. The molecule has 1 aromatic carbocycles. The third-order valence-corrected chi connectivity index (χ3v) is 2.47. The molecule has 0 aliphatic rings. The van der Waals surface area contributed by atoms with E-state index >= 15 is 0 Å². The molecule has 1 rings (SSSR count). The van der Waals surface area contributed by atoms with E-state index in [-0.39, 0.29) is 5.41 Å². The second-order valence-corrected chi connectivity index (χ2v) is 4.15. The van der Waals surface area contributed by atoms with Crippen molar-refractivity contribution in [1.29, 1.82) is 0 Å². The molecule has 0 aliphatic heterocycles. The standard InChI is InChI=1S/C12H19NO/c1-12(2,9-13-3)10-6-5-7-11(8-10)14-4/h5-8,13H,9H2,1-4H3. The van der Waals surface area contributed by atoms with Crippen LogP contribution in [0.15, 0.2) is 24.3 Å². The lowest BCUT2D eigenvalue weighted by Gasteiger charge is -2.25. The Bertz CT molecular complexity index is 294. The van der Waals surface area contributed by atoms with Gasteiger partial charge in [0.2, 0.25) is 0 Å². The van der Waals surface area contributed by atoms with E-state index in [1.807, 2.05) is 19.2 Å². The van der Waals surface area contributed by atoms with Crippen molar-refractivity contribution in [2.24, 2.45) is 0 Å². The quantitative estimate of drug-likeness (QED) is 0.791. The van der Waals surface area contributed by atoms with E-state index in [1.165, 1.54) is 5.56 Å². The number of hydrogen-bond acceptors (Lipinski definition) is 2. The first-order chi connectivity index (χ1) is 6.60. The summed E-state index contributed by atoms with van der Waals surface area (Å²) in [5.41, 5.74) is 1.44. The highest BCUT2D eigenvalue weighted by molar-refractivity contribution is 5.33. The number of likely N-dealkylation sites (N-methyl/N-ethyl adjacent to an activating group) is 1. The molecule has 1 N–H and O–H groups in total. The Morgan fingerprint density at radius 1 is 1.36 bits per heavy atom. The zero-order valence-electron chi connectivity index (χ0n) is 9.42. The van der Waals surface area contributed by atoms with Crippen molar-refractivity contribution in [2.45, 2.75) is 19.3 Å². The van der Waals surface area contributed by atoms with Gasteiger partial charge in [-0.25, -0.2) is 0 Å². The minimum absolute atomic E-state index is 0.142. The lowest BCUT2D eigenvalue weighted by molar-refractivity contribution is 0.411. The van der Waals surface area contributed by atoms with E-state index in [0.29, 0.717) is 0 Å². The lowest BCUT2D eigenvalue weighted by atomic mass is 9.84. The number of nitrogens with one attached hydrogen (secondary N) is 1. The molecule has 0 fully saturated rings. The Balaban J connectivity index is 2.93. The maximum Gasteiger partial charge on any atom is 0.119 e. The highest BCUT2D eigenvalue weighted by atomic mass is 16.5. The van der Waals surface area contributed by atoms with Gasteiger partial charge in [-0.1, -0.05) is 26.0 Å². The first-order valence-corrected chi connectivity index (χ1v) is 4.89. The average Bonchev–Trinajstić information content (AvgIpc) is 2.18. The predicted molar refractivity (Wildman–Crippen MR) is 59.9 cm³/mol. The van der Waals surface area contributed by atoms with Gasteiger partial charge in [0, 0.05) is 12.0 Å². The molecule has 0 radical (unpaired) electrons. The molecule has 0 saturated carbocycles. The molecule has 0 aliphatic carbocycles. The van der Waals surface area contributed by atoms with Crippen LogP contribution in [0.1, 0.15) is 19.4 Å². The Morgan fingerprint density at radius 2 is 2.07 bits per heavy atom. The predicted octanol–water partition coefficient (Wildman–Crippen LogP) is 2.19. The highest BCUT2D eigenvalue weighted by Gasteiger charge is 2.19. The van der Waals surface area contributed by atoms with Crippen molar-refractivity contribution < 1.29 is 4.74 Å². The first-order valence-electron chi connectivity index (χ1n) is 4.89. The van der Waals surface area contributed by atoms with Crippen LogP contribution in [0.4, 0.5) is 0 Å². The topological polar surface area (TPSA) is 21.3 Å². The number of methoxy groups -OCH3 is 1. The van der Waals surface area contributed by atoms with Gasteiger partial charge in [0.05, 0.1) is 7.11 Å². The van der Waals surface area contributed by atoms with Crippen LogP contribution < -0.4 is 10.1 Å². The third kappa shape index (κ3) is 2.48. The van der Waals surface area contributed by atoms with Gasteiger partial charge in [-0.3, -0.25) is 0 Å². The average molecular weight is 193 g/mol. The van der Waals surface area contributed by atoms with Gasteiger partial charge in [0.1, 0.15) is 5.75 Å². The van der Waals surface area contributed by atoms with Crippen molar-refractivity contribution in [1.82, 2.24) is 5.32 Å². The van der Waals surface area contributed by atoms with E-state index in [9.17, 15) is 0 Å². The van der Waals surface area contributed by atoms with Gasteiger partial charge in [0.15, 0.2) is 0 Å². The SMILES string of the molecule is CNCC(C)(C)c1cccc(OC)c1. The fraction of sp³-hybridized carbons (Fsp3) is 0.500. The van der Waals surface area contributed by atoms with Gasteiger partial charge >= 0.3 is 0 Å².